The molecule has 156 valence electrons. The van der Waals surface area contributed by atoms with Crippen molar-refractivity contribution in [3.05, 3.63) is 53.6 Å². The molecule has 2 aromatic carbocycles. The minimum absolute atomic E-state index is 0.0228. The Balaban J connectivity index is 1.54. The molecule has 0 unspecified atom stereocenters. The van der Waals surface area contributed by atoms with E-state index in [1.54, 1.807) is 42.5 Å². The van der Waals surface area contributed by atoms with Crippen LogP contribution < -0.4 is 14.8 Å². The summed E-state index contributed by atoms with van der Waals surface area (Å²) in [5, 5.41) is 2.56. The Labute approximate surface area is 172 Å². The smallest absolute Gasteiger partial charge is 0.326 e. The van der Waals surface area contributed by atoms with Crippen LogP contribution >= 0.6 is 0 Å². The molecule has 2 aromatic rings. The van der Waals surface area contributed by atoms with Gasteiger partial charge in [0.2, 0.25) is 5.91 Å². The Kier molecular flexibility index (Phi) is 6.31. The van der Waals surface area contributed by atoms with Crippen LogP contribution in [0.1, 0.15) is 15.9 Å². The number of methoxy groups -OCH3 is 2. The molecule has 0 bridgehead atoms. The van der Waals surface area contributed by atoms with Gasteiger partial charge in [0.05, 0.1) is 20.6 Å². The van der Waals surface area contributed by atoms with E-state index in [1.165, 1.54) is 14.2 Å². The Morgan fingerprint density at radius 3 is 2.50 bits per heavy atom. The number of carbonyl (C=O) groups excluding carboxylic acids is 4. The van der Waals surface area contributed by atoms with Crippen LogP contribution in [0.4, 0.5) is 5.69 Å². The number of esters is 1. The maximum absolute atomic E-state index is 12.5. The first-order valence-electron chi connectivity index (χ1n) is 9.03. The monoisotopic (exact) mass is 412 g/mol. The molecule has 0 aliphatic carbocycles. The number of hydrogen-bond acceptors (Lipinski definition) is 7. The second-order valence-electron chi connectivity index (χ2n) is 6.40. The van der Waals surface area contributed by atoms with Crippen molar-refractivity contribution in [3.63, 3.8) is 0 Å². The Bertz CT molecular complexity index is 1000. The number of imide groups is 1. The molecule has 9 heteroatoms. The molecule has 0 radical (unpaired) electrons. The molecule has 0 fully saturated rings. The van der Waals surface area contributed by atoms with Gasteiger partial charge < -0.3 is 19.5 Å². The molecule has 1 N–H and O–H groups in total. The lowest BCUT2D eigenvalue weighted by molar-refractivity contribution is -0.150. The highest BCUT2D eigenvalue weighted by Crippen LogP contribution is 2.29. The zero-order valence-electron chi connectivity index (χ0n) is 16.5. The number of rotatable bonds is 7. The number of nitrogens with zero attached hydrogens (tertiary/aromatic N) is 1. The molecular formula is C21H20N2O7. The zero-order chi connectivity index (χ0) is 21.7. The lowest BCUT2D eigenvalue weighted by Crippen LogP contribution is -2.45. The third kappa shape index (κ3) is 4.57. The van der Waals surface area contributed by atoms with Crippen LogP contribution in [-0.4, -0.2) is 56.0 Å². The number of ether oxygens (including phenoxy) is 3. The highest BCUT2D eigenvalue weighted by atomic mass is 16.5. The van der Waals surface area contributed by atoms with E-state index in [0.717, 1.165) is 4.90 Å². The van der Waals surface area contributed by atoms with E-state index in [2.05, 4.69) is 5.32 Å². The number of hydrogen-bond donors (Lipinski definition) is 1. The van der Waals surface area contributed by atoms with Crippen LogP contribution in [0, 0.1) is 0 Å². The summed E-state index contributed by atoms with van der Waals surface area (Å²) >= 11 is 0. The fraction of sp³-hybridized carbons (Fsp3) is 0.238. The van der Waals surface area contributed by atoms with E-state index in [4.69, 9.17) is 14.2 Å². The summed E-state index contributed by atoms with van der Waals surface area (Å²) in [7, 11) is 2.96. The van der Waals surface area contributed by atoms with Crippen LogP contribution in [0.15, 0.2) is 42.5 Å². The van der Waals surface area contributed by atoms with Gasteiger partial charge in [-0.1, -0.05) is 18.2 Å². The Hall–Kier alpha value is -3.88. The third-order valence-electron chi connectivity index (χ3n) is 4.45. The largest absolute Gasteiger partial charge is 0.493 e. The summed E-state index contributed by atoms with van der Waals surface area (Å²) in [6.07, 6.45) is 0.0228. The lowest BCUT2D eigenvalue weighted by atomic mass is 9.98. The standard InChI is InChI=1S/C21H20N2O7/c1-28-16-8-7-14(10-17(16)29-2)22-18(24)12-30-20(26)11-23-19(25)9-13-5-3-4-6-15(13)21(23)27/h3-8,10H,9,11-12H2,1-2H3,(H,22,24). The number of anilines is 1. The first-order chi connectivity index (χ1) is 14.4. The van der Waals surface area contributed by atoms with Gasteiger partial charge in [0, 0.05) is 17.3 Å². The van der Waals surface area contributed by atoms with Gasteiger partial charge in [-0.3, -0.25) is 24.1 Å². The molecule has 0 aromatic heterocycles. The highest BCUT2D eigenvalue weighted by molar-refractivity contribution is 6.11. The maximum atomic E-state index is 12.5. The molecule has 30 heavy (non-hydrogen) atoms. The molecule has 0 saturated carbocycles. The first kappa shape index (κ1) is 20.8. The van der Waals surface area contributed by atoms with E-state index in [-0.39, 0.29) is 6.42 Å². The number of nitrogens with one attached hydrogen (secondary N) is 1. The molecular weight excluding hydrogens is 392 g/mol. The van der Waals surface area contributed by atoms with Gasteiger partial charge in [-0.25, -0.2) is 0 Å². The maximum Gasteiger partial charge on any atom is 0.326 e. The summed E-state index contributed by atoms with van der Waals surface area (Å²) < 4.78 is 15.2. The summed E-state index contributed by atoms with van der Waals surface area (Å²) in [5.41, 5.74) is 1.41. The van der Waals surface area contributed by atoms with Gasteiger partial charge in [0.15, 0.2) is 18.1 Å². The van der Waals surface area contributed by atoms with Crippen molar-refractivity contribution in [1.29, 1.82) is 0 Å². The van der Waals surface area contributed by atoms with Gasteiger partial charge in [-0.15, -0.1) is 0 Å². The predicted molar refractivity (Wildman–Crippen MR) is 105 cm³/mol. The van der Waals surface area contributed by atoms with Crippen LogP contribution in [0.3, 0.4) is 0 Å². The summed E-state index contributed by atoms with van der Waals surface area (Å²) in [4.78, 5) is 49.6. The lowest BCUT2D eigenvalue weighted by Gasteiger charge is -2.25. The van der Waals surface area contributed by atoms with Crippen molar-refractivity contribution in [1.82, 2.24) is 4.90 Å². The van der Waals surface area contributed by atoms with Crippen LogP contribution in [0.25, 0.3) is 0 Å². The average Bonchev–Trinajstić information content (AvgIpc) is 2.75. The number of fused-ring (bicyclic) bond motifs is 1. The SMILES string of the molecule is COc1ccc(NC(=O)COC(=O)CN2C(=O)Cc3ccccc3C2=O)cc1OC. The molecule has 1 heterocycles. The summed E-state index contributed by atoms with van der Waals surface area (Å²) in [6, 6.07) is 11.5. The molecule has 3 rings (SSSR count). The highest BCUT2D eigenvalue weighted by Gasteiger charge is 2.32. The minimum atomic E-state index is -0.862. The fourth-order valence-corrected chi connectivity index (χ4v) is 2.99. The van der Waals surface area contributed by atoms with Crippen LogP contribution in [0.5, 0.6) is 11.5 Å². The average molecular weight is 412 g/mol. The molecule has 1 aliphatic rings. The second-order valence-corrected chi connectivity index (χ2v) is 6.40. The van der Waals surface area contributed by atoms with E-state index in [9.17, 15) is 19.2 Å². The van der Waals surface area contributed by atoms with Crippen LogP contribution in [-0.2, 0) is 25.5 Å². The summed E-state index contributed by atoms with van der Waals surface area (Å²) in [6.45, 7) is -1.13. The van der Waals surface area contributed by atoms with Gasteiger partial charge in [0.1, 0.15) is 6.54 Å². The van der Waals surface area contributed by atoms with Crippen LogP contribution in [0.2, 0.25) is 0 Å². The summed E-state index contributed by atoms with van der Waals surface area (Å²) in [5.74, 6) is -1.58. The van der Waals surface area contributed by atoms with E-state index < -0.39 is 36.8 Å². The number of amides is 3. The van der Waals surface area contributed by atoms with E-state index >= 15 is 0 Å². The predicted octanol–water partition coefficient (Wildman–Crippen LogP) is 1.41. The van der Waals surface area contributed by atoms with Gasteiger partial charge in [-0.2, -0.15) is 0 Å². The van der Waals surface area contributed by atoms with Crippen molar-refractivity contribution >= 4 is 29.4 Å². The van der Waals surface area contributed by atoms with Crippen molar-refractivity contribution < 1.29 is 33.4 Å². The van der Waals surface area contributed by atoms with Crippen molar-refractivity contribution in [2.45, 2.75) is 6.42 Å². The second kappa shape index (κ2) is 9.08. The molecule has 0 atom stereocenters. The quantitative estimate of drug-likeness (QED) is 0.541. The van der Waals surface area contributed by atoms with Crippen molar-refractivity contribution in [3.8, 4) is 11.5 Å². The van der Waals surface area contributed by atoms with Crippen molar-refractivity contribution in [2.75, 3.05) is 32.7 Å². The molecule has 0 saturated heterocycles. The Morgan fingerprint density at radius 1 is 1.03 bits per heavy atom. The third-order valence-corrected chi connectivity index (χ3v) is 4.45. The molecule has 1 aliphatic heterocycles. The first-order valence-corrected chi connectivity index (χ1v) is 9.03. The van der Waals surface area contributed by atoms with Gasteiger partial charge >= 0.3 is 5.97 Å². The molecule has 9 nitrogen and oxygen atoms in total. The molecule has 3 amide bonds. The van der Waals surface area contributed by atoms with Gasteiger partial charge in [0.25, 0.3) is 11.8 Å². The zero-order valence-corrected chi connectivity index (χ0v) is 16.5. The number of carbonyl (C=O) groups is 4. The topological polar surface area (TPSA) is 111 Å². The fourth-order valence-electron chi connectivity index (χ4n) is 2.99. The van der Waals surface area contributed by atoms with E-state index in [1.807, 2.05) is 0 Å². The number of benzene rings is 2. The van der Waals surface area contributed by atoms with E-state index in [0.29, 0.717) is 28.3 Å². The Morgan fingerprint density at radius 2 is 1.77 bits per heavy atom. The van der Waals surface area contributed by atoms with Gasteiger partial charge in [-0.05, 0) is 23.8 Å². The normalized spacial score (nSPS) is 12.8. The minimum Gasteiger partial charge on any atom is -0.493 e. The molecule has 0 spiro atoms. The van der Waals surface area contributed by atoms with Crippen molar-refractivity contribution in [2.24, 2.45) is 0 Å².